The Morgan fingerprint density at radius 2 is 1.89 bits per heavy atom. The Hall–Kier alpha value is -3.62. The van der Waals surface area contributed by atoms with Crippen molar-refractivity contribution in [1.29, 1.82) is 0 Å². The van der Waals surface area contributed by atoms with E-state index in [9.17, 15) is 48.0 Å². The Morgan fingerprint density at radius 1 is 1.21 bits per heavy atom. The second kappa shape index (κ2) is 8.44. The van der Waals surface area contributed by atoms with Crippen molar-refractivity contribution in [1.82, 2.24) is 5.32 Å². The predicted molar refractivity (Wildman–Crippen MR) is 121 cm³/mol. The first-order valence-electron chi connectivity index (χ1n) is 11.8. The highest BCUT2D eigenvalue weighted by molar-refractivity contribution is 6.24. The fraction of sp³-hybridized carbons (Fsp3) is 0.458. The fourth-order valence-electron chi connectivity index (χ4n) is 6.23. The predicted octanol–water partition coefficient (Wildman–Crippen LogP) is 0.841. The number of aromatic hydroxyl groups is 1. The van der Waals surface area contributed by atoms with Crippen molar-refractivity contribution < 1.29 is 52.7 Å². The summed E-state index contributed by atoms with van der Waals surface area (Å²) in [5.41, 5.74) is 5.85. The largest absolute Gasteiger partial charge is 0.573 e. The minimum Gasteiger partial charge on any atom is -0.510 e. The molecule has 0 aromatic heterocycles. The number of benzene rings is 1. The second-order valence-corrected chi connectivity index (χ2v) is 9.94. The van der Waals surface area contributed by atoms with Crippen LogP contribution >= 0.6 is 0 Å². The minimum absolute atomic E-state index is 0.00376. The molecule has 1 unspecified atom stereocenters. The summed E-state index contributed by atoms with van der Waals surface area (Å²) in [4.78, 5) is 38.4. The van der Waals surface area contributed by atoms with Gasteiger partial charge in [-0.05, 0) is 44.2 Å². The van der Waals surface area contributed by atoms with Crippen molar-refractivity contribution in [3.63, 3.8) is 0 Å². The van der Waals surface area contributed by atoms with Gasteiger partial charge in [-0.1, -0.05) is 0 Å². The molecular weight excluding hydrogens is 515 g/mol. The van der Waals surface area contributed by atoms with Crippen molar-refractivity contribution >= 4 is 17.5 Å². The molecule has 0 saturated carbocycles. The van der Waals surface area contributed by atoms with Crippen LogP contribution in [0.3, 0.4) is 0 Å². The van der Waals surface area contributed by atoms with Gasteiger partial charge in [0.05, 0.1) is 11.6 Å². The summed E-state index contributed by atoms with van der Waals surface area (Å²) in [5.74, 6) is -9.95. The van der Waals surface area contributed by atoms with Gasteiger partial charge >= 0.3 is 6.36 Å². The van der Waals surface area contributed by atoms with E-state index in [4.69, 9.17) is 11.5 Å². The molecule has 0 radical (unpaired) electrons. The first-order valence-corrected chi connectivity index (χ1v) is 11.8. The number of ether oxygens (including phenoxy) is 1. The Morgan fingerprint density at radius 3 is 2.47 bits per heavy atom. The number of aliphatic hydroxyl groups is 3. The summed E-state index contributed by atoms with van der Waals surface area (Å²) in [6.45, 7) is 0.521. The third kappa shape index (κ3) is 3.58. The number of fused-ring (bicyclic) bond motifs is 3. The van der Waals surface area contributed by atoms with E-state index < -0.39 is 93.1 Å². The SMILES string of the molecule is NC(=O)C1=C(O)[C@@H](N)[C@@H]2C[C@@H]3Cc4c(OC(F)(F)F)c(C5CCCN5)cc(O)c4C(=O)C3=C(O)[C@]2(O)C1=O. The lowest BCUT2D eigenvalue weighted by molar-refractivity contribution is -0.275. The Labute approximate surface area is 212 Å². The number of aliphatic hydroxyl groups excluding tert-OH is 2. The molecule has 1 aliphatic heterocycles. The van der Waals surface area contributed by atoms with Crippen LogP contribution in [0.2, 0.25) is 0 Å². The highest BCUT2D eigenvalue weighted by Crippen LogP contribution is 2.53. The van der Waals surface area contributed by atoms with Crippen molar-refractivity contribution in [2.75, 3.05) is 6.54 Å². The van der Waals surface area contributed by atoms with Crippen molar-refractivity contribution in [3.05, 3.63) is 45.4 Å². The third-order valence-electron chi connectivity index (χ3n) is 7.89. The highest BCUT2D eigenvalue weighted by atomic mass is 19.4. The third-order valence-corrected chi connectivity index (χ3v) is 7.89. The quantitative estimate of drug-likeness (QED) is 0.270. The number of hydrogen-bond donors (Lipinski definition) is 7. The Kier molecular flexibility index (Phi) is 5.78. The lowest BCUT2D eigenvalue weighted by Gasteiger charge is -2.47. The summed E-state index contributed by atoms with van der Waals surface area (Å²) in [7, 11) is 0. The zero-order valence-electron chi connectivity index (χ0n) is 19.6. The lowest BCUT2D eigenvalue weighted by atomic mass is 9.59. The molecule has 11 nitrogen and oxygen atoms in total. The molecule has 3 aliphatic carbocycles. The average Bonchev–Trinajstić information content (AvgIpc) is 3.35. The number of hydrogen-bond acceptors (Lipinski definition) is 10. The molecule has 1 saturated heterocycles. The van der Waals surface area contributed by atoms with Crippen molar-refractivity contribution in [3.8, 4) is 11.5 Å². The number of amides is 1. The summed E-state index contributed by atoms with van der Waals surface area (Å²) >= 11 is 0. The number of carbonyl (C=O) groups excluding carboxylic acids is 3. The molecule has 5 atom stereocenters. The van der Waals surface area contributed by atoms with Crippen LogP contribution in [-0.2, 0) is 16.0 Å². The monoisotopic (exact) mass is 539 g/mol. The first kappa shape index (κ1) is 26.0. The van der Waals surface area contributed by atoms with Crippen LogP contribution in [0.15, 0.2) is 28.7 Å². The second-order valence-electron chi connectivity index (χ2n) is 9.94. The van der Waals surface area contributed by atoms with Gasteiger partial charge in [-0.3, -0.25) is 14.4 Å². The summed E-state index contributed by atoms with van der Waals surface area (Å²) < 4.78 is 44.8. The molecule has 38 heavy (non-hydrogen) atoms. The average molecular weight is 539 g/mol. The van der Waals surface area contributed by atoms with E-state index in [1.165, 1.54) is 0 Å². The molecule has 14 heteroatoms. The number of allylic oxidation sites excluding steroid dienone is 1. The molecule has 5 rings (SSSR count). The number of Topliss-reactive ketones (excluding diaryl/α,β-unsaturated/α-hetero) is 2. The minimum atomic E-state index is -5.13. The van der Waals surface area contributed by atoms with Gasteiger partial charge < -0.3 is 41.9 Å². The van der Waals surface area contributed by atoms with Crippen LogP contribution in [0.25, 0.3) is 0 Å². The highest BCUT2D eigenvalue weighted by Gasteiger charge is 2.62. The van der Waals surface area contributed by atoms with Gasteiger partial charge in [-0.2, -0.15) is 0 Å². The molecule has 1 aromatic rings. The zero-order valence-corrected chi connectivity index (χ0v) is 19.6. The molecule has 9 N–H and O–H groups in total. The normalized spacial score (nSPS) is 31.2. The van der Waals surface area contributed by atoms with Crippen LogP contribution in [0, 0.1) is 11.8 Å². The molecule has 0 bridgehead atoms. The van der Waals surface area contributed by atoms with E-state index in [0.717, 1.165) is 6.07 Å². The van der Waals surface area contributed by atoms with E-state index >= 15 is 0 Å². The molecule has 1 aromatic carbocycles. The van der Waals surface area contributed by atoms with Crippen molar-refractivity contribution in [2.24, 2.45) is 23.3 Å². The summed E-state index contributed by atoms with van der Waals surface area (Å²) in [6, 6.07) is -1.17. The standard InChI is InChI=1S/C24H24F3N3O8/c25-24(26,27)38-19-8(11-2-1-3-30-11)6-12(31)14-9(19)4-7-5-10-16(28)18(33)15(22(29)36)21(35)23(10,37)20(34)13(7)17(14)32/h6-7,10-11,16,30-31,33-34,37H,1-5,28H2,(H2,29,36)/t7-,10-,11?,16-,23-/m0/s1. The number of phenolic OH excluding ortho intramolecular Hbond substituents is 1. The van der Waals surface area contributed by atoms with Crippen LogP contribution in [-0.4, -0.2) is 62.4 Å². The number of nitrogens with two attached hydrogens (primary N) is 2. The van der Waals surface area contributed by atoms with Gasteiger partial charge in [0.15, 0.2) is 11.4 Å². The molecular formula is C24H24F3N3O8. The Bertz CT molecular complexity index is 1350. The maximum atomic E-state index is 13.6. The number of carbonyl (C=O) groups is 3. The number of nitrogens with one attached hydrogen (secondary N) is 1. The van der Waals surface area contributed by atoms with E-state index in [-0.39, 0.29) is 24.0 Å². The molecule has 1 fully saturated rings. The van der Waals surface area contributed by atoms with Gasteiger partial charge in [0.25, 0.3) is 5.91 Å². The summed E-state index contributed by atoms with van der Waals surface area (Å²) in [6.07, 6.45) is -4.72. The molecule has 1 amide bonds. The van der Waals surface area contributed by atoms with E-state index in [2.05, 4.69) is 10.1 Å². The van der Waals surface area contributed by atoms with E-state index in [0.29, 0.717) is 19.4 Å². The van der Waals surface area contributed by atoms with Gasteiger partial charge in [0, 0.05) is 28.7 Å². The number of rotatable bonds is 3. The maximum Gasteiger partial charge on any atom is 0.573 e. The number of primary amides is 1. The van der Waals surface area contributed by atoms with Gasteiger partial charge in [-0.15, -0.1) is 13.2 Å². The molecule has 1 heterocycles. The van der Waals surface area contributed by atoms with Crippen LogP contribution in [0.4, 0.5) is 13.2 Å². The van der Waals surface area contributed by atoms with Crippen LogP contribution < -0.4 is 21.5 Å². The van der Waals surface area contributed by atoms with Crippen LogP contribution in [0.1, 0.15) is 46.8 Å². The maximum absolute atomic E-state index is 13.6. The smallest absolute Gasteiger partial charge is 0.510 e. The van der Waals surface area contributed by atoms with Gasteiger partial charge in [0.1, 0.15) is 28.6 Å². The van der Waals surface area contributed by atoms with E-state index in [1.807, 2.05) is 0 Å². The van der Waals surface area contributed by atoms with Crippen LogP contribution in [0.5, 0.6) is 11.5 Å². The number of ketones is 2. The summed E-state index contributed by atoms with van der Waals surface area (Å²) in [5, 5.41) is 46.6. The molecule has 204 valence electrons. The Balaban J connectivity index is 1.71. The first-order chi connectivity index (χ1) is 17.7. The van der Waals surface area contributed by atoms with E-state index in [1.54, 1.807) is 0 Å². The number of alkyl halides is 3. The topological polar surface area (TPSA) is 205 Å². The number of halogens is 3. The molecule has 4 aliphatic rings. The van der Waals surface area contributed by atoms with Crippen molar-refractivity contribution in [2.45, 2.75) is 49.7 Å². The fourth-order valence-corrected chi connectivity index (χ4v) is 6.23. The molecule has 0 spiro atoms. The number of phenols is 1. The van der Waals surface area contributed by atoms with Gasteiger partial charge in [-0.25, -0.2) is 0 Å². The van der Waals surface area contributed by atoms with Gasteiger partial charge in [0.2, 0.25) is 5.78 Å². The lowest BCUT2D eigenvalue weighted by Crippen LogP contribution is -2.63. The zero-order chi connectivity index (χ0) is 27.9.